The van der Waals surface area contributed by atoms with Crippen LogP contribution in [0.2, 0.25) is 0 Å². The van der Waals surface area contributed by atoms with Crippen molar-refractivity contribution < 1.29 is 4.79 Å². The fourth-order valence-corrected chi connectivity index (χ4v) is 5.85. The number of hydrogen-bond acceptors (Lipinski definition) is 2. The zero-order valence-electron chi connectivity index (χ0n) is 10.3. The van der Waals surface area contributed by atoms with Crippen LogP contribution in [0.5, 0.6) is 0 Å². The summed E-state index contributed by atoms with van der Waals surface area (Å²) >= 11 is 0. The van der Waals surface area contributed by atoms with Crippen molar-refractivity contribution in [3.63, 3.8) is 0 Å². The number of hydrazine groups is 1. The van der Waals surface area contributed by atoms with E-state index in [0.29, 0.717) is 10.8 Å². The first-order chi connectivity index (χ1) is 7.39. The average Bonchev–Trinajstić information content (AvgIpc) is 2.10. The third-order valence-corrected chi connectivity index (χ3v) is 5.24. The normalized spacial score (nSPS) is 54.1. The highest BCUT2D eigenvalue weighted by Gasteiger charge is 2.62. The zero-order valence-corrected chi connectivity index (χ0v) is 10.3. The van der Waals surface area contributed by atoms with Crippen LogP contribution in [0.1, 0.15) is 52.4 Å². The van der Waals surface area contributed by atoms with E-state index in [2.05, 4.69) is 19.3 Å². The van der Waals surface area contributed by atoms with Crippen LogP contribution >= 0.6 is 0 Å². The van der Waals surface area contributed by atoms with Gasteiger partial charge >= 0.3 is 0 Å². The van der Waals surface area contributed by atoms with E-state index in [1.54, 1.807) is 0 Å². The van der Waals surface area contributed by atoms with Gasteiger partial charge in [-0.05, 0) is 55.3 Å². The molecular weight excluding hydrogens is 200 g/mol. The van der Waals surface area contributed by atoms with Crippen LogP contribution in [0.15, 0.2) is 0 Å². The Kier molecular flexibility index (Phi) is 1.86. The van der Waals surface area contributed by atoms with Gasteiger partial charge in [0.2, 0.25) is 5.91 Å². The van der Waals surface area contributed by atoms with Crippen molar-refractivity contribution in [1.82, 2.24) is 5.43 Å². The molecule has 0 unspecified atom stereocenters. The van der Waals surface area contributed by atoms with Crippen molar-refractivity contribution in [2.24, 2.45) is 28.0 Å². The minimum absolute atomic E-state index is 0.0917. The number of nitrogens with one attached hydrogen (secondary N) is 1. The fraction of sp³-hybridized carbons (Fsp3) is 0.923. The van der Waals surface area contributed by atoms with Crippen LogP contribution < -0.4 is 11.3 Å². The number of hydrogen-bond donors (Lipinski definition) is 2. The molecule has 0 saturated heterocycles. The number of carbonyl (C=O) groups excluding carboxylic acids is 1. The summed E-state index contributed by atoms with van der Waals surface area (Å²) < 4.78 is 0. The van der Waals surface area contributed by atoms with Crippen LogP contribution in [0, 0.1) is 22.2 Å². The molecule has 0 aromatic rings. The molecule has 4 rings (SSSR count). The van der Waals surface area contributed by atoms with Crippen LogP contribution in [0.25, 0.3) is 0 Å². The Hall–Kier alpha value is -0.570. The smallest absolute Gasteiger partial charge is 0.240 e. The highest BCUT2D eigenvalue weighted by Crippen LogP contribution is 2.69. The molecule has 0 radical (unpaired) electrons. The Morgan fingerprint density at radius 3 is 2.12 bits per heavy atom. The van der Waals surface area contributed by atoms with Crippen LogP contribution in [-0.4, -0.2) is 5.91 Å². The predicted octanol–water partition coefficient (Wildman–Crippen LogP) is 1.97. The maximum Gasteiger partial charge on any atom is 0.240 e. The molecule has 3 heteroatoms. The van der Waals surface area contributed by atoms with Crippen LogP contribution in [0.3, 0.4) is 0 Å². The molecule has 2 atom stereocenters. The molecule has 0 aromatic heterocycles. The standard InChI is InChI=1S/C13H22N2O/c1-11-3-9-4-12(2,6-11)8-13(5-9,7-11)10(16)15-14/h9H,3-8,14H2,1-2H3,(H,15,16)/t9?,11-,12-,13?/m0/s1. The molecular formula is C13H22N2O. The highest BCUT2D eigenvalue weighted by atomic mass is 16.2. The van der Waals surface area contributed by atoms with Gasteiger partial charge in [-0.3, -0.25) is 10.2 Å². The third kappa shape index (κ3) is 1.27. The molecule has 1 amide bonds. The first kappa shape index (κ1) is 10.6. The van der Waals surface area contributed by atoms with E-state index in [1.807, 2.05) is 0 Å². The Balaban J connectivity index is 2.01. The minimum atomic E-state index is -0.141. The fourth-order valence-electron chi connectivity index (χ4n) is 5.85. The molecule has 16 heavy (non-hydrogen) atoms. The zero-order chi connectivity index (χ0) is 11.6. The van der Waals surface area contributed by atoms with Gasteiger partial charge in [-0.1, -0.05) is 13.8 Å². The highest BCUT2D eigenvalue weighted by molar-refractivity contribution is 5.82. The van der Waals surface area contributed by atoms with Crippen LogP contribution in [0.4, 0.5) is 0 Å². The second-order valence-electron chi connectivity index (χ2n) is 7.38. The summed E-state index contributed by atoms with van der Waals surface area (Å²) in [6, 6.07) is 0. The van der Waals surface area contributed by atoms with Gasteiger partial charge in [-0.2, -0.15) is 0 Å². The first-order valence-electron chi connectivity index (χ1n) is 6.40. The Labute approximate surface area is 97.1 Å². The second kappa shape index (κ2) is 2.81. The molecule has 90 valence electrons. The molecule has 4 saturated carbocycles. The minimum Gasteiger partial charge on any atom is -0.294 e. The summed E-state index contributed by atoms with van der Waals surface area (Å²) in [6.45, 7) is 4.74. The van der Waals surface area contributed by atoms with Gasteiger partial charge in [0.1, 0.15) is 0 Å². The molecule has 4 aliphatic carbocycles. The van der Waals surface area contributed by atoms with Gasteiger partial charge in [0.15, 0.2) is 0 Å². The molecule has 0 spiro atoms. The van der Waals surface area contributed by atoms with E-state index < -0.39 is 0 Å². The Bertz CT molecular complexity index is 334. The maximum atomic E-state index is 12.1. The quantitative estimate of drug-likeness (QED) is 0.405. The predicted molar refractivity (Wildman–Crippen MR) is 62.2 cm³/mol. The lowest BCUT2D eigenvalue weighted by Gasteiger charge is -2.64. The van der Waals surface area contributed by atoms with E-state index in [0.717, 1.165) is 25.2 Å². The molecule has 3 N–H and O–H groups in total. The van der Waals surface area contributed by atoms with Gasteiger partial charge in [-0.25, -0.2) is 5.84 Å². The van der Waals surface area contributed by atoms with E-state index in [1.165, 1.54) is 19.3 Å². The van der Waals surface area contributed by atoms with Crippen molar-refractivity contribution in [1.29, 1.82) is 0 Å². The van der Waals surface area contributed by atoms with Crippen molar-refractivity contribution in [2.75, 3.05) is 0 Å². The van der Waals surface area contributed by atoms with E-state index in [-0.39, 0.29) is 11.3 Å². The number of nitrogens with two attached hydrogens (primary N) is 1. The lowest BCUT2D eigenvalue weighted by molar-refractivity contribution is -0.170. The molecule has 4 fully saturated rings. The summed E-state index contributed by atoms with van der Waals surface area (Å²) in [6.07, 6.45) is 7.12. The summed E-state index contributed by atoms with van der Waals surface area (Å²) in [7, 11) is 0. The number of amides is 1. The van der Waals surface area contributed by atoms with Crippen LogP contribution in [-0.2, 0) is 4.79 Å². The molecule has 0 aromatic carbocycles. The maximum absolute atomic E-state index is 12.1. The Morgan fingerprint density at radius 2 is 1.69 bits per heavy atom. The van der Waals surface area contributed by atoms with Crippen molar-refractivity contribution in [2.45, 2.75) is 52.4 Å². The first-order valence-corrected chi connectivity index (χ1v) is 6.40. The molecule has 0 heterocycles. The largest absolute Gasteiger partial charge is 0.294 e. The monoisotopic (exact) mass is 222 g/mol. The van der Waals surface area contributed by atoms with Gasteiger partial charge in [0, 0.05) is 0 Å². The van der Waals surface area contributed by atoms with Gasteiger partial charge in [0.05, 0.1) is 5.41 Å². The van der Waals surface area contributed by atoms with Gasteiger partial charge in [-0.15, -0.1) is 0 Å². The molecule has 0 aliphatic heterocycles. The summed E-state index contributed by atoms with van der Waals surface area (Å²) in [4.78, 5) is 12.1. The number of rotatable bonds is 1. The van der Waals surface area contributed by atoms with Gasteiger partial charge < -0.3 is 0 Å². The van der Waals surface area contributed by atoms with Crippen molar-refractivity contribution >= 4 is 5.91 Å². The molecule has 4 bridgehead atoms. The Morgan fingerprint density at radius 1 is 1.12 bits per heavy atom. The summed E-state index contributed by atoms with van der Waals surface area (Å²) in [5, 5.41) is 0. The van der Waals surface area contributed by atoms with E-state index >= 15 is 0 Å². The lowest BCUT2D eigenvalue weighted by Crippen LogP contribution is -2.60. The second-order valence-corrected chi connectivity index (χ2v) is 7.38. The molecule has 3 nitrogen and oxygen atoms in total. The van der Waals surface area contributed by atoms with E-state index in [9.17, 15) is 4.79 Å². The topological polar surface area (TPSA) is 55.1 Å². The van der Waals surface area contributed by atoms with Crippen molar-refractivity contribution in [3.8, 4) is 0 Å². The van der Waals surface area contributed by atoms with Crippen molar-refractivity contribution in [3.05, 3.63) is 0 Å². The summed E-state index contributed by atoms with van der Waals surface area (Å²) in [5.41, 5.74) is 3.06. The third-order valence-electron chi connectivity index (χ3n) is 5.24. The lowest BCUT2D eigenvalue weighted by atomic mass is 9.40. The number of carbonyl (C=O) groups is 1. The summed E-state index contributed by atoms with van der Waals surface area (Å²) in [5.74, 6) is 6.23. The average molecular weight is 222 g/mol. The van der Waals surface area contributed by atoms with Gasteiger partial charge in [0.25, 0.3) is 0 Å². The molecule has 4 aliphatic rings. The SMILES string of the molecule is C[C@@]12CC3CC(C(=O)NN)(C1)C[C@@](C)(C3)C2. The van der Waals surface area contributed by atoms with E-state index in [4.69, 9.17) is 5.84 Å².